The van der Waals surface area contributed by atoms with Gasteiger partial charge in [0.2, 0.25) is 11.8 Å². The van der Waals surface area contributed by atoms with E-state index in [1.165, 1.54) is 18.1 Å². The molecule has 0 radical (unpaired) electrons. The summed E-state index contributed by atoms with van der Waals surface area (Å²) in [5.41, 5.74) is 4.38. The third-order valence-corrected chi connectivity index (χ3v) is 4.18. The van der Waals surface area contributed by atoms with E-state index in [4.69, 9.17) is 0 Å². The molecule has 1 aliphatic rings. The summed E-state index contributed by atoms with van der Waals surface area (Å²) in [5.74, 6) is 0.0285. The van der Waals surface area contributed by atoms with E-state index < -0.39 is 0 Å². The number of nitrogens with one attached hydrogen (secondary N) is 2. The lowest BCUT2D eigenvalue weighted by atomic mass is 10.1. The summed E-state index contributed by atoms with van der Waals surface area (Å²) >= 11 is 0. The van der Waals surface area contributed by atoms with Crippen molar-refractivity contribution in [1.29, 1.82) is 0 Å². The molecule has 0 fully saturated rings. The van der Waals surface area contributed by atoms with Crippen molar-refractivity contribution < 1.29 is 9.59 Å². The van der Waals surface area contributed by atoms with Crippen LogP contribution in [0.3, 0.4) is 0 Å². The fourth-order valence-electron chi connectivity index (χ4n) is 2.87. The highest BCUT2D eigenvalue weighted by molar-refractivity contribution is 5.91. The van der Waals surface area contributed by atoms with Gasteiger partial charge in [-0.15, -0.1) is 0 Å². The quantitative estimate of drug-likeness (QED) is 0.788. The molecule has 2 amide bonds. The van der Waals surface area contributed by atoms with Gasteiger partial charge in [-0.3, -0.25) is 14.5 Å². The lowest BCUT2D eigenvalue weighted by molar-refractivity contribution is -0.119. The summed E-state index contributed by atoms with van der Waals surface area (Å²) in [6.45, 7) is 8.68. The van der Waals surface area contributed by atoms with Crippen LogP contribution >= 0.6 is 0 Å². The van der Waals surface area contributed by atoms with Crippen molar-refractivity contribution in [3.05, 3.63) is 41.0 Å². The second kappa shape index (κ2) is 8.64. The van der Waals surface area contributed by atoms with Crippen LogP contribution in [0.15, 0.2) is 29.8 Å². The lowest BCUT2D eigenvalue weighted by Crippen LogP contribution is -2.36. The second-order valence-corrected chi connectivity index (χ2v) is 6.45. The predicted octanol–water partition coefficient (Wildman–Crippen LogP) is 2.40. The molecule has 2 rings (SSSR count). The number of hydrogen-bond donors (Lipinski definition) is 2. The third kappa shape index (κ3) is 5.81. The van der Waals surface area contributed by atoms with Crippen LogP contribution in [0.4, 0.5) is 5.69 Å². The zero-order chi connectivity index (χ0) is 17.5. The van der Waals surface area contributed by atoms with Gasteiger partial charge in [0, 0.05) is 45.2 Å². The van der Waals surface area contributed by atoms with Gasteiger partial charge in [-0.2, -0.15) is 0 Å². The Bertz CT molecular complexity index is 637. The highest BCUT2D eigenvalue weighted by atomic mass is 16.2. The largest absolute Gasteiger partial charge is 0.353 e. The Labute approximate surface area is 144 Å². The molecular formula is C19H27N3O2. The lowest BCUT2D eigenvalue weighted by Gasteiger charge is -2.27. The summed E-state index contributed by atoms with van der Waals surface area (Å²) < 4.78 is 0. The number of anilines is 1. The summed E-state index contributed by atoms with van der Waals surface area (Å²) in [6.07, 6.45) is 3.62. The Morgan fingerprint density at radius 3 is 2.75 bits per heavy atom. The molecule has 1 heterocycles. The van der Waals surface area contributed by atoms with E-state index in [0.29, 0.717) is 13.0 Å². The van der Waals surface area contributed by atoms with E-state index in [1.807, 2.05) is 26.0 Å². The van der Waals surface area contributed by atoms with Crippen LogP contribution < -0.4 is 10.6 Å². The summed E-state index contributed by atoms with van der Waals surface area (Å²) in [6, 6.07) is 6.03. The maximum absolute atomic E-state index is 12.2. The molecule has 0 atom stereocenters. The van der Waals surface area contributed by atoms with E-state index in [0.717, 1.165) is 37.3 Å². The van der Waals surface area contributed by atoms with E-state index in [2.05, 4.69) is 27.7 Å². The van der Waals surface area contributed by atoms with Crippen molar-refractivity contribution in [3.63, 3.8) is 0 Å². The highest BCUT2D eigenvalue weighted by Crippen LogP contribution is 2.16. The van der Waals surface area contributed by atoms with Crippen LogP contribution in [0.25, 0.3) is 0 Å². The molecule has 130 valence electrons. The van der Waals surface area contributed by atoms with Crippen LogP contribution in [-0.4, -0.2) is 42.9 Å². The molecule has 0 aliphatic carbocycles. The Hall–Kier alpha value is -2.14. The van der Waals surface area contributed by atoms with Crippen molar-refractivity contribution in [2.45, 2.75) is 33.6 Å². The number of benzene rings is 1. The van der Waals surface area contributed by atoms with Gasteiger partial charge in [-0.1, -0.05) is 23.8 Å². The van der Waals surface area contributed by atoms with Gasteiger partial charge in [0.05, 0.1) is 0 Å². The highest BCUT2D eigenvalue weighted by Gasteiger charge is 2.14. The van der Waals surface area contributed by atoms with Crippen molar-refractivity contribution in [2.24, 2.45) is 0 Å². The number of hydrogen-bond acceptors (Lipinski definition) is 3. The topological polar surface area (TPSA) is 61.4 Å². The first-order valence-corrected chi connectivity index (χ1v) is 8.46. The van der Waals surface area contributed by atoms with Gasteiger partial charge in [0.1, 0.15) is 0 Å². The van der Waals surface area contributed by atoms with Gasteiger partial charge in [-0.25, -0.2) is 0 Å². The molecule has 1 aliphatic heterocycles. The van der Waals surface area contributed by atoms with Crippen LogP contribution in [0, 0.1) is 13.8 Å². The fraction of sp³-hybridized carbons (Fsp3) is 0.474. The van der Waals surface area contributed by atoms with Crippen molar-refractivity contribution in [1.82, 2.24) is 10.2 Å². The van der Waals surface area contributed by atoms with Crippen molar-refractivity contribution >= 4 is 17.5 Å². The standard InChI is InChI=1S/C19H27N3O2/c1-14-6-7-18(15(2)11-14)21-19(24)8-10-22-9-4-5-17(13-22)12-20-16(3)23/h5-7,11H,4,8-10,12-13H2,1-3H3,(H,20,23)(H,21,24). The van der Waals surface area contributed by atoms with Gasteiger partial charge >= 0.3 is 0 Å². The summed E-state index contributed by atoms with van der Waals surface area (Å²) in [5, 5.41) is 5.82. The van der Waals surface area contributed by atoms with E-state index in [1.54, 1.807) is 0 Å². The molecular weight excluding hydrogens is 302 g/mol. The second-order valence-electron chi connectivity index (χ2n) is 6.45. The van der Waals surface area contributed by atoms with Crippen LogP contribution in [0.5, 0.6) is 0 Å². The predicted molar refractivity (Wildman–Crippen MR) is 97.0 cm³/mol. The Morgan fingerprint density at radius 2 is 2.04 bits per heavy atom. The minimum absolute atomic E-state index is 0.0131. The molecule has 0 aromatic heterocycles. The number of aryl methyl sites for hydroxylation is 2. The molecule has 5 heteroatoms. The van der Waals surface area contributed by atoms with Crippen molar-refractivity contribution in [3.8, 4) is 0 Å². The normalized spacial score (nSPS) is 14.9. The summed E-state index contributed by atoms with van der Waals surface area (Å²) in [4.78, 5) is 25.4. The molecule has 1 aromatic carbocycles. The van der Waals surface area contributed by atoms with Crippen LogP contribution in [-0.2, 0) is 9.59 Å². The average molecular weight is 329 g/mol. The molecule has 0 saturated carbocycles. The zero-order valence-electron chi connectivity index (χ0n) is 14.8. The SMILES string of the molecule is CC(=O)NCC1=CCCN(CCC(=O)Nc2ccc(C)cc2C)C1. The van der Waals surface area contributed by atoms with E-state index >= 15 is 0 Å². The smallest absolute Gasteiger partial charge is 0.225 e. The van der Waals surface area contributed by atoms with Crippen LogP contribution in [0.2, 0.25) is 0 Å². The molecule has 2 N–H and O–H groups in total. The number of amides is 2. The number of carbonyl (C=O) groups is 2. The number of carbonyl (C=O) groups excluding carboxylic acids is 2. The van der Waals surface area contributed by atoms with Gasteiger partial charge in [0.25, 0.3) is 0 Å². The molecule has 1 aromatic rings. The maximum atomic E-state index is 12.2. The first kappa shape index (κ1) is 18.2. The molecule has 0 bridgehead atoms. The Kier molecular flexibility index (Phi) is 6.55. The molecule has 24 heavy (non-hydrogen) atoms. The summed E-state index contributed by atoms with van der Waals surface area (Å²) in [7, 11) is 0. The zero-order valence-corrected chi connectivity index (χ0v) is 14.8. The van der Waals surface area contributed by atoms with Crippen LogP contribution in [0.1, 0.15) is 30.9 Å². The van der Waals surface area contributed by atoms with Crippen molar-refractivity contribution in [2.75, 3.05) is 31.5 Å². The molecule has 5 nitrogen and oxygen atoms in total. The minimum Gasteiger partial charge on any atom is -0.353 e. The average Bonchev–Trinajstić information content (AvgIpc) is 2.54. The van der Waals surface area contributed by atoms with Gasteiger partial charge in [0.15, 0.2) is 0 Å². The first-order valence-electron chi connectivity index (χ1n) is 8.46. The third-order valence-electron chi connectivity index (χ3n) is 4.18. The molecule has 0 spiro atoms. The first-order chi connectivity index (χ1) is 11.4. The fourth-order valence-corrected chi connectivity index (χ4v) is 2.87. The Balaban J connectivity index is 1.77. The van der Waals surface area contributed by atoms with Gasteiger partial charge in [-0.05, 0) is 37.5 Å². The molecule has 0 unspecified atom stereocenters. The maximum Gasteiger partial charge on any atom is 0.225 e. The van der Waals surface area contributed by atoms with Gasteiger partial charge < -0.3 is 10.6 Å². The van der Waals surface area contributed by atoms with E-state index in [9.17, 15) is 9.59 Å². The van der Waals surface area contributed by atoms with E-state index in [-0.39, 0.29) is 11.8 Å². The number of rotatable bonds is 6. The molecule has 0 saturated heterocycles. The Morgan fingerprint density at radius 1 is 1.25 bits per heavy atom. The number of nitrogens with zero attached hydrogens (tertiary/aromatic N) is 1. The monoisotopic (exact) mass is 329 g/mol. The minimum atomic E-state index is -0.0131.